The number of hydrogen-bond acceptors (Lipinski definition) is 5. The van der Waals surface area contributed by atoms with Gasteiger partial charge in [-0.2, -0.15) is 0 Å². The fraction of sp³-hybridized carbons (Fsp3) is 0.429. The minimum atomic E-state index is -0.567. The van der Waals surface area contributed by atoms with Crippen molar-refractivity contribution in [2.75, 3.05) is 34.4 Å². The lowest BCUT2D eigenvalue weighted by Crippen LogP contribution is -2.32. The van der Waals surface area contributed by atoms with Crippen LogP contribution in [0.15, 0.2) is 36.4 Å². The molecule has 2 aromatic rings. The van der Waals surface area contributed by atoms with Gasteiger partial charge >= 0.3 is 0 Å². The number of aryl methyl sites for hydroxylation is 2. The molecule has 0 aliphatic rings. The molecule has 0 saturated heterocycles. The third-order valence-corrected chi connectivity index (χ3v) is 4.20. The molecule has 0 aliphatic heterocycles. The van der Waals surface area contributed by atoms with Gasteiger partial charge in [0.1, 0.15) is 30.0 Å². The Kier molecular flexibility index (Phi) is 7.30. The number of methoxy groups -OCH3 is 2. The van der Waals surface area contributed by atoms with Crippen LogP contribution in [0, 0.1) is 13.8 Å². The van der Waals surface area contributed by atoms with Crippen LogP contribution >= 0.6 is 0 Å². The second kappa shape index (κ2) is 9.46. The van der Waals surface area contributed by atoms with E-state index in [-0.39, 0.29) is 6.61 Å². The molecule has 0 aliphatic carbocycles. The fourth-order valence-electron chi connectivity index (χ4n) is 3.11. The van der Waals surface area contributed by atoms with Crippen LogP contribution in [-0.2, 0) is 6.54 Å². The molecular weight excluding hydrogens is 330 g/mol. The zero-order valence-corrected chi connectivity index (χ0v) is 16.3. The highest BCUT2D eigenvalue weighted by molar-refractivity contribution is 5.43. The summed E-state index contributed by atoms with van der Waals surface area (Å²) in [4.78, 5) is 2.09. The molecule has 0 fully saturated rings. The predicted octanol–water partition coefficient (Wildman–Crippen LogP) is 3.19. The summed E-state index contributed by atoms with van der Waals surface area (Å²) in [5.74, 6) is 2.43. The Bertz CT molecular complexity index is 677. The number of ether oxygens (including phenoxy) is 3. The molecular formula is C21H29NO4. The Balaban J connectivity index is 1.83. The maximum Gasteiger partial charge on any atom is 0.124 e. The Hall–Kier alpha value is -2.24. The van der Waals surface area contributed by atoms with E-state index < -0.39 is 6.10 Å². The highest BCUT2D eigenvalue weighted by Gasteiger charge is 2.12. The number of hydrogen-bond donors (Lipinski definition) is 1. The van der Waals surface area contributed by atoms with Crippen molar-refractivity contribution in [3.05, 3.63) is 53.1 Å². The van der Waals surface area contributed by atoms with Crippen LogP contribution in [0.5, 0.6) is 17.2 Å². The van der Waals surface area contributed by atoms with Gasteiger partial charge in [0, 0.05) is 13.1 Å². The zero-order valence-electron chi connectivity index (χ0n) is 16.3. The minimum Gasteiger partial charge on any atom is -0.497 e. The van der Waals surface area contributed by atoms with Gasteiger partial charge in [0.15, 0.2) is 0 Å². The van der Waals surface area contributed by atoms with E-state index >= 15 is 0 Å². The summed E-state index contributed by atoms with van der Waals surface area (Å²) in [7, 11) is 5.31. The summed E-state index contributed by atoms with van der Waals surface area (Å²) < 4.78 is 16.2. The number of likely N-dealkylation sites (N-methyl/N-ethyl adjacent to an activating group) is 1. The molecule has 0 bridgehead atoms. The van der Waals surface area contributed by atoms with E-state index in [9.17, 15) is 5.11 Å². The molecule has 0 heterocycles. The quantitative estimate of drug-likeness (QED) is 0.745. The molecule has 0 aromatic heterocycles. The Morgan fingerprint density at radius 2 is 1.54 bits per heavy atom. The number of aliphatic hydroxyl groups excluding tert-OH is 1. The van der Waals surface area contributed by atoms with Crippen LogP contribution in [0.1, 0.15) is 16.7 Å². The number of nitrogens with zero attached hydrogens (tertiary/aromatic N) is 1. The van der Waals surface area contributed by atoms with Gasteiger partial charge in [-0.25, -0.2) is 0 Å². The third-order valence-electron chi connectivity index (χ3n) is 4.20. The summed E-state index contributed by atoms with van der Waals surface area (Å²) in [6.45, 7) is 5.63. The number of rotatable bonds is 9. The van der Waals surface area contributed by atoms with Crippen LogP contribution < -0.4 is 14.2 Å². The molecule has 0 radical (unpaired) electrons. The lowest BCUT2D eigenvalue weighted by Gasteiger charge is -2.22. The molecule has 5 nitrogen and oxygen atoms in total. The third kappa shape index (κ3) is 5.64. The summed E-state index contributed by atoms with van der Waals surface area (Å²) in [6.07, 6.45) is -0.567. The molecule has 142 valence electrons. The smallest absolute Gasteiger partial charge is 0.124 e. The van der Waals surface area contributed by atoms with Gasteiger partial charge in [-0.05, 0) is 61.9 Å². The largest absolute Gasteiger partial charge is 0.497 e. The van der Waals surface area contributed by atoms with Crippen molar-refractivity contribution in [1.82, 2.24) is 4.90 Å². The van der Waals surface area contributed by atoms with Crippen molar-refractivity contribution in [3.8, 4) is 17.2 Å². The lowest BCUT2D eigenvalue weighted by molar-refractivity contribution is 0.0743. The molecule has 26 heavy (non-hydrogen) atoms. The summed E-state index contributed by atoms with van der Waals surface area (Å²) in [6, 6.07) is 11.6. The second-order valence-corrected chi connectivity index (χ2v) is 6.60. The summed E-state index contributed by atoms with van der Waals surface area (Å²) >= 11 is 0. The molecule has 1 unspecified atom stereocenters. The minimum absolute atomic E-state index is 0.247. The van der Waals surface area contributed by atoms with E-state index in [4.69, 9.17) is 14.2 Å². The molecule has 0 spiro atoms. The average molecular weight is 359 g/mol. The second-order valence-electron chi connectivity index (χ2n) is 6.60. The van der Waals surface area contributed by atoms with Gasteiger partial charge in [0.2, 0.25) is 0 Å². The topological polar surface area (TPSA) is 51.2 Å². The highest BCUT2D eigenvalue weighted by Crippen LogP contribution is 2.24. The number of benzene rings is 2. The van der Waals surface area contributed by atoms with Crippen LogP contribution in [0.2, 0.25) is 0 Å². The molecule has 1 N–H and O–H groups in total. The fourth-order valence-corrected chi connectivity index (χ4v) is 3.11. The van der Waals surface area contributed by atoms with Crippen molar-refractivity contribution < 1.29 is 19.3 Å². The molecule has 5 heteroatoms. The Morgan fingerprint density at radius 3 is 2.08 bits per heavy atom. The van der Waals surface area contributed by atoms with E-state index in [1.807, 2.05) is 45.2 Å². The Labute approximate surface area is 156 Å². The SMILES string of the molecule is COc1ccc(OCC(O)CN(C)Cc2cc(C)c(OC)c(C)c2)cc1. The molecule has 0 saturated carbocycles. The maximum absolute atomic E-state index is 10.2. The van der Waals surface area contributed by atoms with Gasteiger partial charge in [0.25, 0.3) is 0 Å². The van der Waals surface area contributed by atoms with Crippen LogP contribution in [-0.4, -0.2) is 50.5 Å². The predicted molar refractivity (Wildman–Crippen MR) is 103 cm³/mol. The van der Waals surface area contributed by atoms with Crippen molar-refractivity contribution in [1.29, 1.82) is 0 Å². The molecule has 1 atom stereocenters. The monoisotopic (exact) mass is 359 g/mol. The standard InChI is InChI=1S/C21H29NO4/c1-15-10-17(11-16(2)21(15)25-5)12-22(3)13-18(23)14-26-20-8-6-19(24-4)7-9-20/h6-11,18,23H,12-14H2,1-5H3. The van der Waals surface area contributed by atoms with E-state index in [1.165, 1.54) is 5.56 Å². The first-order valence-electron chi connectivity index (χ1n) is 8.70. The van der Waals surface area contributed by atoms with Crippen LogP contribution in [0.4, 0.5) is 0 Å². The average Bonchev–Trinajstić information content (AvgIpc) is 2.60. The highest BCUT2D eigenvalue weighted by atomic mass is 16.5. The van der Waals surface area contributed by atoms with E-state index in [2.05, 4.69) is 17.0 Å². The van der Waals surface area contributed by atoms with E-state index in [0.29, 0.717) is 12.3 Å². The summed E-state index contributed by atoms with van der Waals surface area (Å²) in [5.41, 5.74) is 3.45. The Morgan fingerprint density at radius 1 is 0.962 bits per heavy atom. The van der Waals surface area contributed by atoms with Gasteiger partial charge in [0.05, 0.1) is 14.2 Å². The van der Waals surface area contributed by atoms with E-state index in [0.717, 1.165) is 29.2 Å². The first kappa shape index (κ1) is 20.1. The molecule has 2 aromatic carbocycles. The van der Waals surface area contributed by atoms with Crippen molar-refractivity contribution in [2.24, 2.45) is 0 Å². The zero-order chi connectivity index (χ0) is 19.1. The van der Waals surface area contributed by atoms with Gasteiger partial charge in [-0.3, -0.25) is 4.90 Å². The van der Waals surface area contributed by atoms with Crippen molar-refractivity contribution in [2.45, 2.75) is 26.5 Å². The number of aliphatic hydroxyl groups is 1. The van der Waals surface area contributed by atoms with E-state index in [1.54, 1.807) is 14.2 Å². The van der Waals surface area contributed by atoms with Crippen molar-refractivity contribution in [3.63, 3.8) is 0 Å². The molecule has 2 rings (SSSR count). The first-order valence-corrected chi connectivity index (χ1v) is 8.70. The van der Waals surface area contributed by atoms with Crippen molar-refractivity contribution >= 4 is 0 Å². The first-order chi connectivity index (χ1) is 12.4. The van der Waals surface area contributed by atoms with Gasteiger partial charge in [-0.15, -0.1) is 0 Å². The lowest BCUT2D eigenvalue weighted by atomic mass is 10.1. The van der Waals surface area contributed by atoms with Gasteiger partial charge < -0.3 is 19.3 Å². The normalized spacial score (nSPS) is 12.1. The van der Waals surface area contributed by atoms with Gasteiger partial charge in [-0.1, -0.05) is 12.1 Å². The van der Waals surface area contributed by atoms with Crippen LogP contribution in [0.25, 0.3) is 0 Å². The molecule has 0 amide bonds. The maximum atomic E-state index is 10.2. The summed E-state index contributed by atoms with van der Waals surface area (Å²) in [5, 5.41) is 10.2. The van der Waals surface area contributed by atoms with Crippen LogP contribution in [0.3, 0.4) is 0 Å².